The van der Waals surface area contributed by atoms with E-state index in [1.54, 1.807) is 44.7 Å². The van der Waals surface area contributed by atoms with Gasteiger partial charge in [-0.15, -0.1) is 0 Å². The number of amides is 1. The predicted molar refractivity (Wildman–Crippen MR) is 209 cm³/mol. The summed E-state index contributed by atoms with van der Waals surface area (Å²) < 4.78 is 42.4. The minimum absolute atomic E-state index is 0.198. The summed E-state index contributed by atoms with van der Waals surface area (Å²) in [7, 11) is 3.32. The molecule has 0 atom stereocenters. The first-order valence-corrected chi connectivity index (χ1v) is 18.6. The lowest BCUT2D eigenvalue weighted by Crippen LogP contribution is -2.46. The number of hydrogen-bond donors (Lipinski definition) is 2. The van der Waals surface area contributed by atoms with Crippen LogP contribution in [-0.2, 0) is 0 Å². The molecule has 3 aromatic heterocycles. The number of benzene rings is 3. The molecule has 3 aromatic carbocycles. The minimum atomic E-state index is -0.865. The van der Waals surface area contributed by atoms with E-state index in [9.17, 15) is 13.6 Å². The van der Waals surface area contributed by atoms with Crippen LogP contribution < -0.4 is 25.0 Å². The van der Waals surface area contributed by atoms with Gasteiger partial charge < -0.3 is 29.9 Å². The maximum Gasteiger partial charge on any atom is 0.255 e. The standard InChI is InChI=1S/C42H42F2N8O3/c1-54-35-26-34(51-22-16-29(17-23-51)50-19-5-3-6-20-50)36(55-2)25-33(35)47-42-45-18-15-32(46-42)40-38(48-37-14-4-7-21-52(37)40)27-10-8-11-28(24-27)41(53)49-39-30(43)12-9-13-31(39)44/h4,7-15,18,21,24-26,29H,3,5-6,16-17,19-20,22-23H2,1-2H3,(H,49,53)(H,45,46,47). The lowest BCUT2D eigenvalue weighted by Gasteiger charge is -2.41. The highest BCUT2D eigenvalue weighted by molar-refractivity contribution is 6.05. The molecule has 282 valence electrons. The molecular weight excluding hydrogens is 703 g/mol. The van der Waals surface area contributed by atoms with Crippen LogP contribution in [0.3, 0.4) is 0 Å². The van der Waals surface area contributed by atoms with Crippen LogP contribution in [0.4, 0.5) is 31.8 Å². The van der Waals surface area contributed by atoms with Gasteiger partial charge in [-0.25, -0.2) is 23.7 Å². The lowest BCUT2D eigenvalue weighted by molar-refractivity contribution is 0.102. The number of pyridine rings is 1. The number of likely N-dealkylation sites (tertiary alicyclic amines) is 1. The van der Waals surface area contributed by atoms with Crippen molar-refractivity contribution in [3.63, 3.8) is 0 Å². The van der Waals surface area contributed by atoms with Gasteiger partial charge >= 0.3 is 0 Å². The molecule has 2 fully saturated rings. The maximum atomic E-state index is 14.3. The molecule has 1 amide bonds. The van der Waals surface area contributed by atoms with Gasteiger partial charge in [0.1, 0.15) is 34.5 Å². The number of hydrogen-bond acceptors (Lipinski definition) is 9. The van der Waals surface area contributed by atoms with Crippen molar-refractivity contribution in [2.75, 3.05) is 55.9 Å². The van der Waals surface area contributed by atoms with Crippen LogP contribution in [0, 0.1) is 11.6 Å². The maximum absolute atomic E-state index is 14.3. The zero-order chi connectivity index (χ0) is 37.9. The number of methoxy groups -OCH3 is 2. The van der Waals surface area contributed by atoms with Crippen molar-refractivity contribution in [1.82, 2.24) is 24.3 Å². The van der Waals surface area contributed by atoms with Crippen LogP contribution in [0.1, 0.15) is 42.5 Å². The number of fused-ring (bicyclic) bond motifs is 1. The lowest BCUT2D eigenvalue weighted by atomic mass is 9.99. The quantitative estimate of drug-likeness (QED) is 0.144. The monoisotopic (exact) mass is 744 g/mol. The van der Waals surface area contributed by atoms with Gasteiger partial charge in [0.15, 0.2) is 0 Å². The zero-order valence-electron chi connectivity index (χ0n) is 30.8. The number of nitrogens with zero attached hydrogens (tertiary/aromatic N) is 6. The van der Waals surface area contributed by atoms with Gasteiger partial charge in [-0.3, -0.25) is 9.20 Å². The van der Waals surface area contributed by atoms with Gasteiger partial charge in [0.25, 0.3) is 5.91 Å². The highest BCUT2D eigenvalue weighted by Crippen LogP contribution is 2.41. The first kappa shape index (κ1) is 35.9. The Morgan fingerprint density at radius 1 is 0.818 bits per heavy atom. The number of nitrogens with one attached hydrogen (secondary N) is 2. The highest BCUT2D eigenvalue weighted by Gasteiger charge is 2.28. The molecule has 6 aromatic rings. The summed E-state index contributed by atoms with van der Waals surface area (Å²) in [6.45, 7) is 4.30. The number of carbonyl (C=O) groups is 1. The first-order valence-electron chi connectivity index (χ1n) is 18.6. The van der Waals surface area contributed by atoms with Gasteiger partial charge in [-0.2, -0.15) is 0 Å². The van der Waals surface area contributed by atoms with Crippen LogP contribution in [0.25, 0.3) is 28.3 Å². The molecule has 11 nitrogen and oxygen atoms in total. The van der Waals surface area contributed by atoms with E-state index in [-0.39, 0.29) is 5.56 Å². The second kappa shape index (κ2) is 15.7. The van der Waals surface area contributed by atoms with E-state index in [4.69, 9.17) is 19.4 Å². The molecule has 2 N–H and O–H groups in total. The Kier molecular flexibility index (Phi) is 10.3. The fraction of sp³-hybridized carbons (Fsp3) is 0.286. The third kappa shape index (κ3) is 7.39. The van der Waals surface area contributed by atoms with E-state index in [1.165, 1.54) is 38.4 Å². The molecule has 2 aliphatic heterocycles. The molecule has 55 heavy (non-hydrogen) atoms. The molecular formula is C42H42F2N8O3. The smallest absolute Gasteiger partial charge is 0.255 e. The molecule has 2 aliphatic rings. The van der Waals surface area contributed by atoms with Crippen LogP contribution in [0.5, 0.6) is 11.5 Å². The Morgan fingerprint density at radius 3 is 2.35 bits per heavy atom. The Labute approximate surface area is 318 Å². The Hall–Kier alpha value is -6.08. The van der Waals surface area contributed by atoms with Gasteiger partial charge in [-0.1, -0.05) is 30.7 Å². The summed E-state index contributed by atoms with van der Waals surface area (Å²) in [6, 6.07) is 22.1. The van der Waals surface area contributed by atoms with E-state index in [0.29, 0.717) is 51.7 Å². The fourth-order valence-electron chi connectivity index (χ4n) is 7.71. The topological polar surface area (TPSA) is 109 Å². The number of rotatable bonds is 10. The fourth-order valence-corrected chi connectivity index (χ4v) is 7.71. The van der Waals surface area contributed by atoms with Crippen LogP contribution in [0.15, 0.2) is 91.3 Å². The SMILES string of the molecule is COc1cc(N2CCC(N3CCCCC3)CC2)c(OC)cc1Nc1nccc(-c2c(-c3cccc(C(=O)Nc4c(F)cccc4F)c3)nc3ccccn23)n1. The largest absolute Gasteiger partial charge is 0.494 e. The van der Waals surface area contributed by atoms with Crippen LogP contribution >= 0.6 is 0 Å². The molecule has 0 aliphatic carbocycles. The van der Waals surface area contributed by atoms with Crippen molar-refractivity contribution in [1.29, 1.82) is 0 Å². The molecule has 5 heterocycles. The third-order valence-corrected chi connectivity index (χ3v) is 10.5. The predicted octanol–water partition coefficient (Wildman–Crippen LogP) is 8.20. The van der Waals surface area contributed by atoms with Crippen molar-refractivity contribution in [3.05, 3.63) is 108 Å². The molecule has 8 rings (SSSR count). The van der Waals surface area contributed by atoms with Crippen molar-refractivity contribution in [2.24, 2.45) is 0 Å². The number of halogens is 2. The zero-order valence-corrected chi connectivity index (χ0v) is 30.8. The molecule has 2 saturated heterocycles. The van der Waals surface area contributed by atoms with Gasteiger partial charge in [-0.05, 0) is 81.2 Å². The molecule has 0 saturated carbocycles. The normalized spacial score (nSPS) is 15.2. The number of para-hydroxylation sites is 1. The summed E-state index contributed by atoms with van der Waals surface area (Å²) in [4.78, 5) is 32.6. The Morgan fingerprint density at radius 2 is 1.58 bits per heavy atom. The molecule has 0 unspecified atom stereocenters. The number of anilines is 4. The number of imidazole rings is 1. The average Bonchev–Trinajstić information content (AvgIpc) is 3.62. The average molecular weight is 745 g/mol. The summed E-state index contributed by atoms with van der Waals surface area (Å²) in [5.41, 5.74) is 4.36. The van der Waals surface area contributed by atoms with Crippen LogP contribution in [0.2, 0.25) is 0 Å². The Balaban J connectivity index is 1.08. The first-order chi connectivity index (χ1) is 26.9. The van der Waals surface area contributed by atoms with Gasteiger partial charge in [0, 0.05) is 54.8 Å². The number of piperidine rings is 2. The van der Waals surface area contributed by atoms with Crippen molar-refractivity contribution >= 4 is 34.6 Å². The number of aromatic nitrogens is 4. The van der Waals surface area contributed by atoms with Gasteiger partial charge in [0.2, 0.25) is 5.95 Å². The second-order valence-corrected chi connectivity index (χ2v) is 13.8. The van der Waals surface area contributed by atoms with E-state index < -0.39 is 23.2 Å². The number of carbonyl (C=O) groups excluding carboxylic acids is 1. The third-order valence-electron chi connectivity index (χ3n) is 10.5. The molecule has 0 spiro atoms. The molecule has 0 radical (unpaired) electrons. The van der Waals surface area contributed by atoms with Crippen LogP contribution in [-0.4, -0.2) is 76.6 Å². The van der Waals surface area contributed by atoms with E-state index in [2.05, 4.69) is 25.4 Å². The second-order valence-electron chi connectivity index (χ2n) is 13.8. The summed E-state index contributed by atoms with van der Waals surface area (Å²) in [5, 5.41) is 5.71. The summed E-state index contributed by atoms with van der Waals surface area (Å²) >= 11 is 0. The van der Waals surface area contributed by atoms with Crippen molar-refractivity contribution in [3.8, 4) is 34.1 Å². The van der Waals surface area contributed by atoms with Gasteiger partial charge in [0.05, 0.1) is 42.7 Å². The summed E-state index contributed by atoms with van der Waals surface area (Å²) in [6.07, 6.45) is 9.70. The molecule has 0 bridgehead atoms. The Bertz CT molecular complexity index is 2320. The van der Waals surface area contributed by atoms with Crippen molar-refractivity contribution in [2.45, 2.75) is 38.1 Å². The van der Waals surface area contributed by atoms with Crippen molar-refractivity contribution < 1.29 is 23.0 Å². The van der Waals surface area contributed by atoms with E-state index >= 15 is 0 Å². The summed E-state index contributed by atoms with van der Waals surface area (Å²) in [5.74, 6) is -0.719. The van der Waals surface area contributed by atoms with E-state index in [0.717, 1.165) is 49.5 Å². The minimum Gasteiger partial charge on any atom is -0.494 e. The van der Waals surface area contributed by atoms with E-state index in [1.807, 2.05) is 47.0 Å². The highest BCUT2D eigenvalue weighted by atomic mass is 19.1. The molecule has 13 heteroatoms. The number of ether oxygens (including phenoxy) is 2.